The summed E-state index contributed by atoms with van der Waals surface area (Å²) in [7, 11) is -3.14. The Morgan fingerprint density at radius 2 is 1.88 bits per heavy atom. The van der Waals surface area contributed by atoms with Gasteiger partial charge in [0.05, 0.1) is 5.25 Å². The maximum atomic E-state index is 13.0. The van der Waals surface area contributed by atoms with Crippen molar-refractivity contribution < 1.29 is 13.2 Å². The molecule has 4 rings (SSSR count). The molecule has 3 aliphatic rings. The highest BCUT2D eigenvalue weighted by Gasteiger charge is 2.50. The first-order valence-electron chi connectivity index (χ1n) is 8.79. The highest BCUT2D eigenvalue weighted by molar-refractivity contribution is 7.90. The predicted molar refractivity (Wildman–Crippen MR) is 94.0 cm³/mol. The summed E-state index contributed by atoms with van der Waals surface area (Å²) in [6.45, 7) is 5.10. The zero-order valence-electron chi connectivity index (χ0n) is 14.2. The Bertz CT molecular complexity index is 788. The van der Waals surface area contributed by atoms with Crippen molar-refractivity contribution in [3.8, 4) is 0 Å². The first-order valence-corrected chi connectivity index (χ1v) is 10.3. The minimum absolute atomic E-state index is 0.128. The molecule has 0 radical (unpaired) electrons. The van der Waals surface area contributed by atoms with E-state index in [1.807, 2.05) is 12.1 Å². The fourth-order valence-electron chi connectivity index (χ4n) is 3.84. The van der Waals surface area contributed by atoms with Crippen molar-refractivity contribution in [3.63, 3.8) is 0 Å². The summed E-state index contributed by atoms with van der Waals surface area (Å²) in [5, 5.41) is 3.24. The van der Waals surface area contributed by atoms with Gasteiger partial charge in [0.1, 0.15) is 5.54 Å². The lowest BCUT2D eigenvalue weighted by molar-refractivity contribution is 0.0870. The number of hydrogen-bond acceptors (Lipinski definition) is 4. The number of nitrogens with one attached hydrogen (secondary N) is 1. The molecule has 2 fully saturated rings. The molecule has 2 heterocycles. The normalized spacial score (nSPS) is 23.5. The molecule has 1 saturated heterocycles. The number of carbonyl (C=O) groups excluding carboxylic acids is 1. The Balaban J connectivity index is 1.55. The van der Waals surface area contributed by atoms with Crippen LogP contribution < -0.4 is 5.32 Å². The summed E-state index contributed by atoms with van der Waals surface area (Å²) in [4.78, 5) is 13.0. The molecule has 24 heavy (non-hydrogen) atoms. The van der Waals surface area contributed by atoms with Gasteiger partial charge < -0.3 is 5.32 Å². The Labute approximate surface area is 143 Å². The molecule has 1 N–H and O–H groups in total. The number of hydrogen-bond donors (Lipinski definition) is 1. The number of piperidine rings is 1. The standard InChI is InChI=1S/C18H24N2O3S/c1-12(2)13-3-6-16-15(11-13)17(21)18(19-16)7-9-20(10-8-18)24(22,23)14-4-5-14/h3,6,11-12,14,19H,4-5,7-10H2,1-2H3. The van der Waals surface area contributed by atoms with Crippen molar-refractivity contribution in [3.05, 3.63) is 29.3 Å². The number of Topliss-reactive ketones (excluding diaryl/α,β-unsaturated/α-hetero) is 1. The van der Waals surface area contributed by atoms with Gasteiger partial charge in [0, 0.05) is 24.3 Å². The minimum atomic E-state index is -3.14. The van der Waals surface area contributed by atoms with Crippen LogP contribution in [0.15, 0.2) is 18.2 Å². The summed E-state index contributed by atoms with van der Waals surface area (Å²) in [5.74, 6) is 0.508. The van der Waals surface area contributed by atoms with Crippen LogP contribution in [-0.4, -0.2) is 42.4 Å². The van der Waals surface area contributed by atoms with E-state index in [2.05, 4.69) is 25.2 Å². The van der Waals surface area contributed by atoms with Gasteiger partial charge in [-0.2, -0.15) is 0 Å². The smallest absolute Gasteiger partial charge is 0.216 e. The van der Waals surface area contributed by atoms with Gasteiger partial charge in [-0.1, -0.05) is 19.9 Å². The number of benzene rings is 1. The largest absolute Gasteiger partial charge is 0.372 e. The molecule has 2 aliphatic heterocycles. The Hall–Kier alpha value is -1.40. The molecule has 0 amide bonds. The molecule has 0 aromatic heterocycles. The average Bonchev–Trinajstić information content (AvgIpc) is 3.37. The van der Waals surface area contributed by atoms with E-state index in [-0.39, 0.29) is 11.0 Å². The van der Waals surface area contributed by atoms with Gasteiger partial charge in [-0.3, -0.25) is 4.79 Å². The zero-order chi connectivity index (χ0) is 17.1. The van der Waals surface area contributed by atoms with Crippen LogP contribution in [-0.2, 0) is 10.0 Å². The molecule has 0 unspecified atom stereocenters. The van der Waals surface area contributed by atoms with E-state index in [1.54, 1.807) is 4.31 Å². The third kappa shape index (κ3) is 2.39. The van der Waals surface area contributed by atoms with Crippen molar-refractivity contribution in [1.29, 1.82) is 0 Å². The van der Waals surface area contributed by atoms with Crippen LogP contribution in [0.4, 0.5) is 5.69 Å². The molecule has 130 valence electrons. The van der Waals surface area contributed by atoms with Crippen molar-refractivity contribution in [1.82, 2.24) is 4.31 Å². The molecule has 1 aromatic carbocycles. The van der Waals surface area contributed by atoms with Crippen molar-refractivity contribution in [2.45, 2.75) is 56.2 Å². The Kier molecular flexibility index (Phi) is 3.55. The predicted octanol–water partition coefficient (Wildman–Crippen LogP) is 2.75. The fraction of sp³-hybridized carbons (Fsp3) is 0.611. The first kappa shape index (κ1) is 16.1. The molecule has 0 bridgehead atoms. The lowest BCUT2D eigenvalue weighted by atomic mass is 9.84. The van der Waals surface area contributed by atoms with Gasteiger partial charge in [-0.25, -0.2) is 12.7 Å². The summed E-state index contributed by atoms with van der Waals surface area (Å²) >= 11 is 0. The fourth-order valence-corrected chi connectivity index (χ4v) is 5.69. The number of carbonyl (C=O) groups is 1. The third-order valence-electron chi connectivity index (χ3n) is 5.64. The SMILES string of the molecule is CC(C)c1ccc2c(c1)C(=O)C1(CCN(S(=O)(=O)C3CC3)CC1)N2. The maximum absolute atomic E-state index is 13.0. The molecular formula is C18H24N2O3S. The lowest BCUT2D eigenvalue weighted by Gasteiger charge is -2.37. The summed E-state index contributed by atoms with van der Waals surface area (Å²) in [6.07, 6.45) is 2.65. The highest BCUT2D eigenvalue weighted by Crippen LogP contribution is 2.41. The molecule has 1 aromatic rings. The molecule has 1 aliphatic carbocycles. The van der Waals surface area contributed by atoms with E-state index in [0.29, 0.717) is 31.8 Å². The Morgan fingerprint density at radius 3 is 2.46 bits per heavy atom. The average molecular weight is 348 g/mol. The molecule has 6 heteroatoms. The second kappa shape index (κ2) is 5.30. The second-order valence-electron chi connectivity index (χ2n) is 7.64. The van der Waals surface area contributed by atoms with Gasteiger partial charge in [0.25, 0.3) is 0 Å². The zero-order valence-corrected chi connectivity index (χ0v) is 15.0. The van der Waals surface area contributed by atoms with E-state index in [9.17, 15) is 13.2 Å². The van der Waals surface area contributed by atoms with Gasteiger partial charge in [0.15, 0.2) is 5.78 Å². The topological polar surface area (TPSA) is 66.5 Å². The Morgan fingerprint density at radius 1 is 1.21 bits per heavy atom. The summed E-state index contributed by atoms with van der Waals surface area (Å²) in [6, 6.07) is 6.05. The second-order valence-corrected chi connectivity index (χ2v) is 9.85. The van der Waals surface area contributed by atoms with E-state index in [0.717, 1.165) is 29.7 Å². The van der Waals surface area contributed by atoms with Crippen LogP contribution in [0.2, 0.25) is 0 Å². The number of rotatable bonds is 3. The van der Waals surface area contributed by atoms with Crippen molar-refractivity contribution >= 4 is 21.5 Å². The van der Waals surface area contributed by atoms with Gasteiger partial charge >= 0.3 is 0 Å². The quantitative estimate of drug-likeness (QED) is 0.912. The summed E-state index contributed by atoms with van der Waals surface area (Å²) in [5.41, 5.74) is 2.20. The van der Waals surface area contributed by atoms with Gasteiger partial charge in [-0.15, -0.1) is 0 Å². The van der Waals surface area contributed by atoms with E-state index in [1.165, 1.54) is 0 Å². The lowest BCUT2D eigenvalue weighted by Crippen LogP contribution is -2.53. The molecular weight excluding hydrogens is 324 g/mol. The van der Waals surface area contributed by atoms with Crippen LogP contribution in [0.1, 0.15) is 61.4 Å². The van der Waals surface area contributed by atoms with E-state index in [4.69, 9.17) is 0 Å². The maximum Gasteiger partial charge on any atom is 0.216 e. The monoisotopic (exact) mass is 348 g/mol. The number of sulfonamides is 1. The highest BCUT2D eigenvalue weighted by atomic mass is 32.2. The number of ketones is 1. The third-order valence-corrected chi connectivity index (χ3v) is 8.04. The molecule has 5 nitrogen and oxygen atoms in total. The van der Waals surface area contributed by atoms with E-state index >= 15 is 0 Å². The van der Waals surface area contributed by atoms with Crippen molar-refractivity contribution in [2.24, 2.45) is 0 Å². The van der Waals surface area contributed by atoms with Crippen LogP contribution in [0.5, 0.6) is 0 Å². The summed E-state index contributed by atoms with van der Waals surface area (Å²) < 4.78 is 26.4. The number of fused-ring (bicyclic) bond motifs is 1. The van der Waals surface area contributed by atoms with Crippen LogP contribution >= 0.6 is 0 Å². The number of nitrogens with zero attached hydrogens (tertiary/aromatic N) is 1. The van der Waals surface area contributed by atoms with Gasteiger partial charge in [0.2, 0.25) is 10.0 Å². The van der Waals surface area contributed by atoms with Crippen molar-refractivity contribution in [2.75, 3.05) is 18.4 Å². The minimum Gasteiger partial charge on any atom is -0.372 e. The van der Waals surface area contributed by atoms with Crippen LogP contribution in [0.3, 0.4) is 0 Å². The molecule has 0 atom stereocenters. The van der Waals surface area contributed by atoms with E-state index < -0.39 is 15.6 Å². The van der Waals surface area contributed by atoms with Crippen LogP contribution in [0, 0.1) is 0 Å². The van der Waals surface area contributed by atoms with Crippen LogP contribution in [0.25, 0.3) is 0 Å². The van der Waals surface area contributed by atoms with Gasteiger partial charge in [-0.05, 0) is 49.3 Å². The molecule has 1 spiro atoms. The number of anilines is 1. The first-order chi connectivity index (χ1) is 11.3. The molecule has 1 saturated carbocycles.